The van der Waals surface area contributed by atoms with Crippen LogP contribution in [0, 0.1) is 11.8 Å². The molecule has 0 radical (unpaired) electrons. The van der Waals surface area contributed by atoms with E-state index in [1.807, 2.05) is 35.4 Å². The zero-order valence-corrected chi connectivity index (χ0v) is 16.0. The lowest BCUT2D eigenvalue weighted by atomic mass is 9.96. The summed E-state index contributed by atoms with van der Waals surface area (Å²) in [6.07, 6.45) is 7.23. The van der Waals surface area contributed by atoms with E-state index in [4.69, 9.17) is 0 Å². The van der Waals surface area contributed by atoms with Crippen LogP contribution in [0.3, 0.4) is 0 Å². The first kappa shape index (κ1) is 17.3. The van der Waals surface area contributed by atoms with Crippen LogP contribution in [0.2, 0.25) is 0 Å². The van der Waals surface area contributed by atoms with Crippen molar-refractivity contribution in [3.63, 3.8) is 0 Å². The summed E-state index contributed by atoms with van der Waals surface area (Å²) in [5.74, 6) is 0.219. The van der Waals surface area contributed by atoms with Crippen LogP contribution in [0.25, 0.3) is 5.69 Å². The molecule has 6 nitrogen and oxygen atoms in total. The van der Waals surface area contributed by atoms with Crippen LogP contribution < -0.4 is 5.32 Å². The fourth-order valence-electron chi connectivity index (χ4n) is 3.43. The Hall–Kier alpha value is -2.15. The van der Waals surface area contributed by atoms with E-state index >= 15 is 0 Å². The third-order valence-corrected chi connectivity index (χ3v) is 5.49. The predicted octanol–water partition coefficient (Wildman–Crippen LogP) is 3.22. The molecule has 2 amide bonds. The molecule has 1 atom stereocenters. The van der Waals surface area contributed by atoms with Gasteiger partial charge in [-0.05, 0) is 49.9 Å². The molecule has 1 aliphatic heterocycles. The Labute approximate surface area is 160 Å². The summed E-state index contributed by atoms with van der Waals surface area (Å²) in [5.41, 5.74) is 1.52. The Morgan fingerprint density at radius 1 is 1.19 bits per heavy atom. The molecule has 26 heavy (non-hydrogen) atoms. The summed E-state index contributed by atoms with van der Waals surface area (Å²) in [6.45, 7) is 1.29. The van der Waals surface area contributed by atoms with Gasteiger partial charge in [-0.15, -0.1) is 0 Å². The number of likely N-dealkylation sites (tertiary alicyclic amines) is 1. The van der Waals surface area contributed by atoms with Crippen molar-refractivity contribution in [3.8, 4) is 5.69 Å². The van der Waals surface area contributed by atoms with Crippen molar-refractivity contribution in [1.29, 1.82) is 0 Å². The molecule has 2 fully saturated rings. The first-order chi connectivity index (χ1) is 12.6. The van der Waals surface area contributed by atoms with Crippen molar-refractivity contribution in [1.82, 2.24) is 14.7 Å². The van der Waals surface area contributed by atoms with Crippen LogP contribution in [0.5, 0.6) is 0 Å². The fourth-order valence-corrected chi connectivity index (χ4v) is 3.80. The smallest absolute Gasteiger partial charge is 0.229 e. The van der Waals surface area contributed by atoms with Gasteiger partial charge in [0.05, 0.1) is 17.3 Å². The number of anilines is 1. The van der Waals surface area contributed by atoms with Gasteiger partial charge in [0.15, 0.2) is 0 Å². The molecule has 0 bridgehead atoms. The molecule has 1 saturated heterocycles. The average Bonchev–Trinajstić information content (AvgIpc) is 3.36. The number of halogens is 1. The highest BCUT2D eigenvalue weighted by Crippen LogP contribution is 2.33. The molecule has 1 saturated carbocycles. The number of carbonyl (C=O) groups is 2. The molecule has 0 spiro atoms. The monoisotopic (exact) mass is 416 g/mol. The molecule has 136 valence electrons. The van der Waals surface area contributed by atoms with Gasteiger partial charge in [0, 0.05) is 35.9 Å². The maximum Gasteiger partial charge on any atom is 0.229 e. The molecule has 1 aliphatic carbocycles. The first-order valence-electron chi connectivity index (χ1n) is 9.01. The average molecular weight is 417 g/mol. The van der Waals surface area contributed by atoms with E-state index in [0.717, 1.165) is 42.4 Å². The topological polar surface area (TPSA) is 67.2 Å². The Kier molecular flexibility index (Phi) is 4.80. The maximum absolute atomic E-state index is 12.9. The molecule has 0 unspecified atom stereocenters. The number of aromatic nitrogens is 2. The van der Waals surface area contributed by atoms with Crippen molar-refractivity contribution in [3.05, 3.63) is 41.1 Å². The third kappa shape index (κ3) is 3.67. The minimum absolute atomic E-state index is 0.0372. The second-order valence-electron chi connectivity index (χ2n) is 7.00. The quantitative estimate of drug-likeness (QED) is 0.831. The summed E-state index contributed by atoms with van der Waals surface area (Å²) >= 11 is 3.46. The molecule has 4 rings (SSSR count). The van der Waals surface area contributed by atoms with Crippen molar-refractivity contribution < 1.29 is 9.59 Å². The first-order valence-corrected chi connectivity index (χ1v) is 9.80. The number of hydrogen-bond acceptors (Lipinski definition) is 3. The SMILES string of the molecule is O=C(Nc1cc(Br)ccc1-n1cccn1)[C@H]1CCCN(C(=O)C2CC2)C1. The molecule has 7 heteroatoms. The Morgan fingerprint density at radius 3 is 2.77 bits per heavy atom. The lowest BCUT2D eigenvalue weighted by Crippen LogP contribution is -2.44. The molecule has 1 N–H and O–H groups in total. The summed E-state index contributed by atoms with van der Waals surface area (Å²) in [6, 6.07) is 7.56. The van der Waals surface area contributed by atoms with Crippen molar-refractivity contribution >= 4 is 33.4 Å². The van der Waals surface area contributed by atoms with Crippen LogP contribution in [-0.4, -0.2) is 39.6 Å². The van der Waals surface area contributed by atoms with Crippen LogP contribution in [-0.2, 0) is 9.59 Å². The van der Waals surface area contributed by atoms with E-state index in [2.05, 4.69) is 26.3 Å². The Morgan fingerprint density at radius 2 is 2.04 bits per heavy atom. The highest BCUT2D eigenvalue weighted by molar-refractivity contribution is 9.10. The molecular weight excluding hydrogens is 396 g/mol. The number of hydrogen-bond donors (Lipinski definition) is 1. The van der Waals surface area contributed by atoms with E-state index in [-0.39, 0.29) is 23.7 Å². The van der Waals surface area contributed by atoms with Gasteiger partial charge in [0.2, 0.25) is 11.8 Å². The van der Waals surface area contributed by atoms with Gasteiger partial charge in [-0.3, -0.25) is 9.59 Å². The van der Waals surface area contributed by atoms with Crippen molar-refractivity contribution in [2.75, 3.05) is 18.4 Å². The number of piperidine rings is 1. The number of amides is 2. The van der Waals surface area contributed by atoms with Crippen LogP contribution >= 0.6 is 15.9 Å². The lowest BCUT2D eigenvalue weighted by molar-refractivity contribution is -0.135. The zero-order valence-electron chi connectivity index (χ0n) is 14.4. The van der Waals surface area contributed by atoms with Gasteiger partial charge in [0.25, 0.3) is 0 Å². The Bertz CT molecular complexity index is 817. The van der Waals surface area contributed by atoms with Crippen molar-refractivity contribution in [2.24, 2.45) is 11.8 Å². The predicted molar refractivity (Wildman–Crippen MR) is 102 cm³/mol. The van der Waals surface area contributed by atoms with Gasteiger partial charge < -0.3 is 10.2 Å². The number of rotatable bonds is 4. The van der Waals surface area contributed by atoms with E-state index < -0.39 is 0 Å². The van der Waals surface area contributed by atoms with Gasteiger partial charge >= 0.3 is 0 Å². The number of nitrogens with zero attached hydrogens (tertiary/aromatic N) is 3. The number of benzene rings is 1. The second kappa shape index (κ2) is 7.23. The summed E-state index contributed by atoms with van der Waals surface area (Å²) in [4.78, 5) is 27.1. The zero-order chi connectivity index (χ0) is 18.1. The van der Waals surface area contributed by atoms with Gasteiger partial charge in [0.1, 0.15) is 0 Å². The van der Waals surface area contributed by atoms with E-state index in [1.54, 1.807) is 10.9 Å². The maximum atomic E-state index is 12.9. The van der Waals surface area contributed by atoms with E-state index in [1.165, 1.54) is 0 Å². The van der Waals surface area contributed by atoms with Gasteiger partial charge in [-0.2, -0.15) is 5.10 Å². The summed E-state index contributed by atoms with van der Waals surface area (Å²) < 4.78 is 2.61. The van der Waals surface area contributed by atoms with Crippen LogP contribution in [0.1, 0.15) is 25.7 Å². The largest absolute Gasteiger partial charge is 0.342 e. The normalized spacial score (nSPS) is 20.0. The minimum atomic E-state index is -0.170. The minimum Gasteiger partial charge on any atom is -0.342 e. The number of nitrogens with one attached hydrogen (secondary N) is 1. The van der Waals surface area contributed by atoms with E-state index in [0.29, 0.717) is 12.2 Å². The van der Waals surface area contributed by atoms with Crippen molar-refractivity contribution in [2.45, 2.75) is 25.7 Å². The highest BCUT2D eigenvalue weighted by atomic mass is 79.9. The summed E-state index contributed by atoms with van der Waals surface area (Å²) in [7, 11) is 0. The van der Waals surface area contributed by atoms with Gasteiger partial charge in [-0.25, -0.2) is 4.68 Å². The van der Waals surface area contributed by atoms with Crippen LogP contribution in [0.4, 0.5) is 5.69 Å². The van der Waals surface area contributed by atoms with Crippen LogP contribution in [0.15, 0.2) is 41.1 Å². The molecule has 1 aromatic carbocycles. The molecule has 2 aliphatic rings. The summed E-state index contributed by atoms with van der Waals surface area (Å²) in [5, 5.41) is 7.30. The lowest BCUT2D eigenvalue weighted by Gasteiger charge is -2.32. The third-order valence-electron chi connectivity index (χ3n) is 5.00. The Balaban J connectivity index is 1.49. The highest BCUT2D eigenvalue weighted by Gasteiger charge is 2.36. The standard InChI is InChI=1S/C19H21BrN4O2/c20-15-6-7-17(24-10-2-8-21-24)16(11-15)22-18(25)14-3-1-9-23(12-14)19(26)13-4-5-13/h2,6-8,10-11,13-14H,1,3-5,9,12H2,(H,22,25)/t14-/m0/s1. The van der Waals surface area contributed by atoms with E-state index in [9.17, 15) is 9.59 Å². The molecule has 1 aromatic heterocycles. The number of carbonyl (C=O) groups excluding carboxylic acids is 2. The second-order valence-corrected chi connectivity index (χ2v) is 7.91. The molecule has 2 aromatic rings. The van der Waals surface area contributed by atoms with Gasteiger partial charge in [-0.1, -0.05) is 15.9 Å². The fraction of sp³-hybridized carbons (Fsp3) is 0.421. The molecule has 2 heterocycles. The molecular formula is C19H21BrN4O2.